The quantitative estimate of drug-likeness (QED) is 0.603. The molecular formula is C13H14O5. The Kier molecular flexibility index (Phi) is 4.48. The van der Waals surface area contributed by atoms with Crippen LogP contribution in [0.3, 0.4) is 0 Å². The summed E-state index contributed by atoms with van der Waals surface area (Å²) in [6, 6.07) is 4.47. The lowest BCUT2D eigenvalue weighted by Gasteiger charge is -2.10. The second kappa shape index (κ2) is 5.86. The Bertz CT molecular complexity index is 490. The third kappa shape index (κ3) is 2.68. The smallest absolute Gasteiger partial charge is 0.338 e. The van der Waals surface area contributed by atoms with E-state index < -0.39 is 11.9 Å². The fourth-order valence-electron chi connectivity index (χ4n) is 1.42. The van der Waals surface area contributed by atoms with Crippen LogP contribution >= 0.6 is 0 Å². The lowest BCUT2D eigenvalue weighted by Crippen LogP contribution is -2.09. The van der Waals surface area contributed by atoms with Crippen LogP contribution in [0.2, 0.25) is 0 Å². The van der Waals surface area contributed by atoms with E-state index in [0.29, 0.717) is 11.3 Å². The van der Waals surface area contributed by atoms with Crippen molar-refractivity contribution in [3.8, 4) is 0 Å². The third-order valence-corrected chi connectivity index (χ3v) is 2.39. The molecule has 0 aromatic heterocycles. The highest BCUT2D eigenvalue weighted by Crippen LogP contribution is 2.21. The van der Waals surface area contributed by atoms with E-state index >= 15 is 0 Å². The van der Waals surface area contributed by atoms with Gasteiger partial charge in [-0.1, -0.05) is 6.58 Å². The number of esters is 2. The minimum atomic E-state index is -0.575. The van der Waals surface area contributed by atoms with Gasteiger partial charge in [-0.2, -0.15) is 0 Å². The van der Waals surface area contributed by atoms with Crippen LogP contribution in [0.4, 0.5) is 0 Å². The SMILES string of the molecule is C=C(OC)c1ccc(C(=O)OC)cc1C(=O)OC. The molecule has 0 saturated carbocycles. The van der Waals surface area contributed by atoms with Crippen molar-refractivity contribution in [2.75, 3.05) is 21.3 Å². The number of methoxy groups -OCH3 is 3. The van der Waals surface area contributed by atoms with Crippen LogP contribution < -0.4 is 0 Å². The average molecular weight is 250 g/mol. The number of benzene rings is 1. The van der Waals surface area contributed by atoms with Gasteiger partial charge < -0.3 is 14.2 Å². The van der Waals surface area contributed by atoms with Gasteiger partial charge >= 0.3 is 11.9 Å². The number of rotatable bonds is 4. The van der Waals surface area contributed by atoms with Gasteiger partial charge in [0.1, 0.15) is 5.76 Å². The van der Waals surface area contributed by atoms with Gasteiger partial charge in [0.25, 0.3) is 0 Å². The van der Waals surface area contributed by atoms with Crippen LogP contribution in [0.5, 0.6) is 0 Å². The predicted octanol–water partition coefficient (Wildman–Crippen LogP) is 1.88. The Morgan fingerprint density at radius 1 is 0.944 bits per heavy atom. The molecule has 5 nitrogen and oxygen atoms in total. The topological polar surface area (TPSA) is 61.8 Å². The van der Waals surface area contributed by atoms with Crippen LogP contribution in [0, 0.1) is 0 Å². The summed E-state index contributed by atoms with van der Waals surface area (Å²) in [7, 11) is 3.96. The van der Waals surface area contributed by atoms with Crippen molar-refractivity contribution >= 4 is 17.7 Å². The molecule has 0 spiro atoms. The van der Waals surface area contributed by atoms with Gasteiger partial charge in [-0.15, -0.1) is 0 Å². The van der Waals surface area contributed by atoms with Crippen molar-refractivity contribution in [3.05, 3.63) is 41.5 Å². The summed E-state index contributed by atoms with van der Waals surface area (Å²) in [5.41, 5.74) is 0.926. The largest absolute Gasteiger partial charge is 0.497 e. The summed E-state index contributed by atoms with van der Waals surface area (Å²) in [6.45, 7) is 3.67. The summed E-state index contributed by atoms with van der Waals surface area (Å²) in [4.78, 5) is 23.0. The van der Waals surface area contributed by atoms with E-state index in [2.05, 4.69) is 16.1 Å². The van der Waals surface area contributed by atoms with Crippen LogP contribution in [-0.4, -0.2) is 33.3 Å². The zero-order valence-corrected chi connectivity index (χ0v) is 10.5. The van der Waals surface area contributed by atoms with Gasteiger partial charge in [0.2, 0.25) is 0 Å². The number of hydrogen-bond donors (Lipinski definition) is 0. The van der Waals surface area contributed by atoms with Crippen LogP contribution in [-0.2, 0) is 14.2 Å². The molecule has 0 unspecified atom stereocenters. The van der Waals surface area contributed by atoms with Crippen LogP contribution in [0.1, 0.15) is 26.3 Å². The molecule has 18 heavy (non-hydrogen) atoms. The first-order valence-corrected chi connectivity index (χ1v) is 5.09. The van der Waals surface area contributed by atoms with E-state index in [1.54, 1.807) is 6.07 Å². The maximum Gasteiger partial charge on any atom is 0.338 e. The van der Waals surface area contributed by atoms with E-state index in [4.69, 9.17) is 4.74 Å². The van der Waals surface area contributed by atoms with Crippen molar-refractivity contribution in [2.24, 2.45) is 0 Å². The molecule has 0 bridgehead atoms. The van der Waals surface area contributed by atoms with E-state index in [-0.39, 0.29) is 11.1 Å². The molecule has 5 heteroatoms. The summed E-state index contributed by atoms with van der Waals surface area (Å²) < 4.78 is 14.2. The molecule has 0 amide bonds. The number of ether oxygens (including phenoxy) is 3. The van der Waals surface area contributed by atoms with Crippen molar-refractivity contribution in [1.82, 2.24) is 0 Å². The fourth-order valence-corrected chi connectivity index (χ4v) is 1.42. The average Bonchev–Trinajstić information content (AvgIpc) is 2.43. The van der Waals surface area contributed by atoms with E-state index in [0.717, 1.165) is 0 Å². The van der Waals surface area contributed by atoms with E-state index in [1.165, 1.54) is 33.5 Å². The molecule has 0 radical (unpaired) electrons. The predicted molar refractivity (Wildman–Crippen MR) is 65.2 cm³/mol. The third-order valence-electron chi connectivity index (χ3n) is 2.39. The molecule has 0 heterocycles. The first-order chi connectivity index (χ1) is 8.54. The monoisotopic (exact) mass is 250 g/mol. The van der Waals surface area contributed by atoms with E-state index in [1.807, 2.05) is 0 Å². The molecule has 0 aliphatic carbocycles. The highest BCUT2D eigenvalue weighted by atomic mass is 16.5. The Hall–Kier alpha value is -2.30. The number of carbonyl (C=O) groups is 2. The Morgan fingerprint density at radius 3 is 2.06 bits per heavy atom. The van der Waals surface area contributed by atoms with Crippen molar-refractivity contribution in [1.29, 1.82) is 0 Å². The summed E-state index contributed by atoms with van der Waals surface area (Å²) in [5, 5.41) is 0. The van der Waals surface area contributed by atoms with Gasteiger partial charge in [0.15, 0.2) is 0 Å². The molecule has 1 rings (SSSR count). The lowest BCUT2D eigenvalue weighted by molar-refractivity contribution is 0.0598. The molecule has 0 saturated heterocycles. The number of carbonyl (C=O) groups excluding carboxylic acids is 2. The summed E-state index contributed by atoms with van der Waals surface area (Å²) >= 11 is 0. The van der Waals surface area contributed by atoms with Gasteiger partial charge in [-0.25, -0.2) is 9.59 Å². The minimum Gasteiger partial charge on any atom is -0.497 e. The van der Waals surface area contributed by atoms with Gasteiger partial charge in [0.05, 0.1) is 32.5 Å². The first kappa shape index (κ1) is 13.8. The van der Waals surface area contributed by atoms with E-state index in [9.17, 15) is 9.59 Å². The second-order valence-electron chi connectivity index (χ2n) is 3.37. The highest BCUT2D eigenvalue weighted by molar-refractivity contribution is 5.98. The maximum atomic E-state index is 11.6. The molecule has 0 atom stereocenters. The molecule has 0 aliphatic rings. The molecule has 1 aromatic rings. The Morgan fingerprint density at radius 2 is 1.56 bits per heavy atom. The molecule has 0 fully saturated rings. The molecule has 96 valence electrons. The standard InChI is InChI=1S/C13H14O5/c1-8(16-2)10-6-5-9(12(14)17-3)7-11(10)13(15)18-4/h5-7H,1H2,2-4H3. The minimum absolute atomic E-state index is 0.201. The molecule has 0 aliphatic heterocycles. The van der Waals surface area contributed by atoms with Crippen molar-refractivity contribution < 1.29 is 23.8 Å². The first-order valence-electron chi connectivity index (χ1n) is 5.09. The second-order valence-corrected chi connectivity index (χ2v) is 3.37. The normalized spacial score (nSPS) is 9.50. The Labute approximate surface area is 105 Å². The highest BCUT2D eigenvalue weighted by Gasteiger charge is 2.17. The van der Waals surface area contributed by atoms with Crippen LogP contribution in [0.15, 0.2) is 24.8 Å². The maximum absolute atomic E-state index is 11.6. The molecule has 0 N–H and O–H groups in total. The van der Waals surface area contributed by atoms with Gasteiger partial charge in [-0.05, 0) is 18.2 Å². The Balaban J connectivity index is 3.33. The zero-order valence-electron chi connectivity index (χ0n) is 10.5. The lowest BCUT2D eigenvalue weighted by atomic mass is 10.0. The summed E-state index contributed by atoms with van der Waals surface area (Å²) in [5.74, 6) is -0.796. The zero-order chi connectivity index (χ0) is 13.7. The molecular weight excluding hydrogens is 236 g/mol. The van der Waals surface area contributed by atoms with Gasteiger partial charge in [0, 0.05) is 5.56 Å². The van der Waals surface area contributed by atoms with Crippen molar-refractivity contribution in [2.45, 2.75) is 0 Å². The van der Waals surface area contributed by atoms with Crippen LogP contribution in [0.25, 0.3) is 5.76 Å². The summed E-state index contributed by atoms with van der Waals surface area (Å²) in [6.07, 6.45) is 0. The fraction of sp³-hybridized carbons (Fsp3) is 0.231. The van der Waals surface area contributed by atoms with Crippen molar-refractivity contribution in [3.63, 3.8) is 0 Å². The number of hydrogen-bond acceptors (Lipinski definition) is 5. The molecule has 1 aromatic carbocycles. The van der Waals surface area contributed by atoms with Gasteiger partial charge in [-0.3, -0.25) is 0 Å².